The predicted molar refractivity (Wildman–Crippen MR) is 109 cm³/mol. The maximum absolute atomic E-state index is 13.2. The van der Waals surface area contributed by atoms with Gasteiger partial charge in [0.25, 0.3) is 0 Å². The fourth-order valence-corrected chi connectivity index (χ4v) is 4.06. The minimum atomic E-state index is -0.265. The lowest BCUT2D eigenvalue weighted by Crippen LogP contribution is -2.88. The molecule has 3 aromatic rings. The Balaban J connectivity index is 1.51. The van der Waals surface area contributed by atoms with Gasteiger partial charge in [0.1, 0.15) is 30.3 Å². The molecule has 0 aliphatic carbocycles. The summed E-state index contributed by atoms with van der Waals surface area (Å²) in [5, 5.41) is 2.42. The van der Waals surface area contributed by atoms with Gasteiger partial charge in [0.2, 0.25) is 5.43 Å². The van der Waals surface area contributed by atoms with E-state index < -0.39 is 0 Å². The van der Waals surface area contributed by atoms with Crippen LogP contribution in [-0.2, 0) is 4.79 Å². The zero-order valence-corrected chi connectivity index (χ0v) is 16.6. The number of fused-ring (bicyclic) bond motifs is 2. The van der Waals surface area contributed by atoms with E-state index in [1.807, 2.05) is 11.4 Å². The monoisotopic (exact) mass is 408 g/mol. The molecule has 5 rings (SSSR count). The molecule has 0 unspecified atom stereocenters. The predicted octanol–water partition coefficient (Wildman–Crippen LogP) is 2.17. The van der Waals surface area contributed by atoms with E-state index in [2.05, 4.69) is 0 Å². The third-order valence-corrected chi connectivity index (χ3v) is 5.56. The van der Waals surface area contributed by atoms with Gasteiger partial charge < -0.3 is 23.9 Å². The number of rotatable bonds is 3. The smallest absolute Gasteiger partial charge is 0.370 e. The van der Waals surface area contributed by atoms with Gasteiger partial charge >= 0.3 is 5.97 Å². The average molecular weight is 408 g/mol. The van der Waals surface area contributed by atoms with Gasteiger partial charge in [-0.1, -0.05) is 6.07 Å². The van der Waals surface area contributed by atoms with Gasteiger partial charge in [-0.05, 0) is 36.8 Å². The van der Waals surface area contributed by atoms with E-state index in [1.165, 1.54) is 0 Å². The van der Waals surface area contributed by atoms with E-state index >= 15 is 0 Å². The first-order chi connectivity index (χ1) is 14.6. The van der Waals surface area contributed by atoms with Gasteiger partial charge in [0.15, 0.2) is 17.5 Å². The number of esters is 1. The molecule has 1 aromatic heterocycles. The molecular weight excluding hydrogens is 386 g/mol. The minimum Gasteiger partial charge on any atom is -0.486 e. The molecule has 30 heavy (non-hydrogen) atoms. The molecule has 0 radical (unpaired) electrons. The first kappa shape index (κ1) is 18.7. The van der Waals surface area contributed by atoms with E-state index in [0.29, 0.717) is 58.3 Å². The number of carbonyl (C=O) groups is 1. The topological polar surface area (TPSA) is 91.6 Å². The van der Waals surface area contributed by atoms with Crippen molar-refractivity contribution in [3.05, 3.63) is 52.4 Å². The summed E-state index contributed by atoms with van der Waals surface area (Å²) in [6.07, 6.45) is 1.83. The van der Waals surface area contributed by atoms with Crippen LogP contribution < -0.4 is 25.0 Å². The summed E-state index contributed by atoms with van der Waals surface area (Å²) < 4.78 is 22.6. The summed E-state index contributed by atoms with van der Waals surface area (Å²) in [6.45, 7) is 3.67. The lowest BCUT2D eigenvalue weighted by atomic mass is 10.0. The normalized spacial score (nSPS) is 17.8. The van der Waals surface area contributed by atoms with Crippen molar-refractivity contribution in [1.29, 1.82) is 0 Å². The Kier molecular flexibility index (Phi) is 4.67. The van der Waals surface area contributed by atoms with E-state index in [0.717, 1.165) is 19.4 Å². The Labute approximate surface area is 172 Å². The first-order valence-electron chi connectivity index (χ1n) is 10.1. The Morgan fingerprint density at radius 2 is 1.93 bits per heavy atom. The van der Waals surface area contributed by atoms with Crippen molar-refractivity contribution >= 4 is 16.9 Å². The third-order valence-electron chi connectivity index (χ3n) is 5.56. The fourth-order valence-electron chi connectivity index (χ4n) is 4.06. The lowest BCUT2D eigenvalue weighted by molar-refractivity contribution is -0.658. The molecule has 0 spiro atoms. The molecule has 1 saturated heterocycles. The van der Waals surface area contributed by atoms with Gasteiger partial charge in [-0.3, -0.25) is 4.79 Å². The van der Waals surface area contributed by atoms with E-state index in [1.54, 1.807) is 37.3 Å². The molecule has 3 heterocycles. The Morgan fingerprint density at radius 1 is 1.10 bits per heavy atom. The highest BCUT2D eigenvalue weighted by Gasteiger charge is 2.28. The molecule has 2 N–H and O–H groups in total. The van der Waals surface area contributed by atoms with Crippen molar-refractivity contribution in [3.63, 3.8) is 0 Å². The highest BCUT2D eigenvalue weighted by molar-refractivity contribution is 5.85. The molecule has 2 aliphatic rings. The molecule has 1 fully saturated rings. The number of carbonyl (C=O) groups excluding carboxylic acids is 1. The van der Waals surface area contributed by atoms with Crippen LogP contribution in [0.4, 0.5) is 0 Å². The maximum atomic E-state index is 13.2. The number of aryl methyl sites for hydroxylation is 1. The van der Waals surface area contributed by atoms with Gasteiger partial charge in [-0.25, -0.2) is 4.79 Å². The molecule has 0 amide bonds. The molecule has 154 valence electrons. The quantitative estimate of drug-likeness (QED) is 0.528. The summed E-state index contributed by atoms with van der Waals surface area (Å²) in [6, 6.07) is 10.1. The first-order valence-corrected chi connectivity index (χ1v) is 10.1. The molecule has 0 bridgehead atoms. The minimum absolute atomic E-state index is 0.146. The van der Waals surface area contributed by atoms with Crippen molar-refractivity contribution in [2.24, 2.45) is 0 Å². The number of benzene rings is 2. The van der Waals surface area contributed by atoms with Gasteiger partial charge in [-0.2, -0.15) is 0 Å². The molecule has 2 aromatic carbocycles. The second-order valence-electron chi connectivity index (χ2n) is 7.57. The zero-order chi connectivity index (χ0) is 20.7. The summed E-state index contributed by atoms with van der Waals surface area (Å²) >= 11 is 0. The molecule has 0 saturated carbocycles. The van der Waals surface area contributed by atoms with Crippen LogP contribution in [0.2, 0.25) is 0 Å². The fraction of sp³-hybridized carbons (Fsp3) is 0.304. The molecule has 1 atom stereocenters. The highest BCUT2D eigenvalue weighted by atomic mass is 16.6. The zero-order valence-electron chi connectivity index (χ0n) is 16.6. The van der Waals surface area contributed by atoms with Crippen molar-refractivity contribution in [2.45, 2.75) is 25.8 Å². The van der Waals surface area contributed by atoms with Crippen molar-refractivity contribution in [1.82, 2.24) is 0 Å². The van der Waals surface area contributed by atoms with E-state index in [9.17, 15) is 9.59 Å². The van der Waals surface area contributed by atoms with Crippen LogP contribution >= 0.6 is 0 Å². The molecule has 2 aliphatic heterocycles. The second-order valence-corrected chi connectivity index (χ2v) is 7.57. The second kappa shape index (κ2) is 7.50. The number of nitrogens with two attached hydrogens (primary N) is 1. The Bertz CT molecular complexity index is 1190. The van der Waals surface area contributed by atoms with Gasteiger partial charge in [0, 0.05) is 18.9 Å². The van der Waals surface area contributed by atoms with Crippen LogP contribution in [-0.4, -0.2) is 31.8 Å². The molecular formula is C23H22NO6+. The van der Waals surface area contributed by atoms with Gasteiger partial charge in [-0.15, -0.1) is 0 Å². The van der Waals surface area contributed by atoms with Crippen LogP contribution in [0, 0.1) is 6.92 Å². The number of hydrogen-bond donors (Lipinski definition) is 1. The van der Waals surface area contributed by atoms with Crippen LogP contribution in [0.1, 0.15) is 18.6 Å². The largest absolute Gasteiger partial charge is 0.486 e. The van der Waals surface area contributed by atoms with Crippen LogP contribution in [0.3, 0.4) is 0 Å². The summed E-state index contributed by atoms with van der Waals surface area (Å²) in [5.74, 6) is 1.88. The molecule has 7 heteroatoms. The summed E-state index contributed by atoms with van der Waals surface area (Å²) in [5.41, 5.74) is 1.43. The Hall–Kier alpha value is -3.32. The van der Waals surface area contributed by atoms with E-state index in [4.69, 9.17) is 18.6 Å². The van der Waals surface area contributed by atoms with Crippen molar-refractivity contribution in [2.75, 3.05) is 19.8 Å². The van der Waals surface area contributed by atoms with Crippen LogP contribution in [0.25, 0.3) is 22.1 Å². The van der Waals surface area contributed by atoms with Crippen molar-refractivity contribution in [3.8, 4) is 28.4 Å². The average Bonchev–Trinajstić information content (AvgIpc) is 3.28. The lowest BCUT2D eigenvalue weighted by Gasteiger charge is -2.19. The number of quaternary nitrogens is 1. The molecule has 7 nitrogen and oxygen atoms in total. The Morgan fingerprint density at radius 3 is 2.73 bits per heavy atom. The third kappa shape index (κ3) is 3.31. The summed E-state index contributed by atoms with van der Waals surface area (Å²) in [4.78, 5) is 25.5. The summed E-state index contributed by atoms with van der Waals surface area (Å²) in [7, 11) is 0. The SMILES string of the molecule is Cc1oc2cc(OC(=O)[C@@H]3CCC[NH2+]3)ccc2c(=O)c1-c1ccc2c(c1)OCCO2. The van der Waals surface area contributed by atoms with E-state index in [-0.39, 0.29) is 17.4 Å². The highest BCUT2D eigenvalue weighted by Crippen LogP contribution is 2.35. The van der Waals surface area contributed by atoms with Gasteiger partial charge in [0.05, 0.1) is 17.5 Å². The maximum Gasteiger partial charge on any atom is 0.370 e. The van der Waals surface area contributed by atoms with Crippen LogP contribution in [0.5, 0.6) is 17.2 Å². The van der Waals surface area contributed by atoms with Crippen LogP contribution in [0.15, 0.2) is 45.6 Å². The standard InChI is InChI=1S/C23H21NO6/c1-13-21(14-4-7-18-20(11-14)28-10-9-27-18)22(25)16-6-5-15(12-19(16)29-13)30-23(26)17-3-2-8-24-17/h4-7,11-12,17,24H,2-3,8-10H2,1H3/p+1/t17-/m0/s1. The number of ether oxygens (including phenoxy) is 3. The number of hydrogen-bond acceptors (Lipinski definition) is 6. The van der Waals surface area contributed by atoms with Crippen molar-refractivity contribution < 1.29 is 28.7 Å².